The topological polar surface area (TPSA) is 109 Å². The molecule has 2 aromatic rings. The van der Waals surface area contributed by atoms with Crippen LogP contribution in [0.3, 0.4) is 0 Å². The lowest BCUT2D eigenvalue weighted by Gasteiger charge is -2.29. The molecule has 1 saturated heterocycles. The smallest absolute Gasteiger partial charge is 0.374 e. The van der Waals surface area contributed by atoms with E-state index in [2.05, 4.69) is 10.6 Å². The minimum absolute atomic E-state index is 0.00943. The van der Waals surface area contributed by atoms with Crippen LogP contribution in [0.15, 0.2) is 34.3 Å². The molecule has 3 rings (SSSR count). The SMILES string of the molecule is O=C(Nc1sccc1C(=O)NC1CCN(S(=O)(=O)F)CC1)c1ccco1. The highest BCUT2D eigenvalue weighted by Gasteiger charge is 2.29. The summed E-state index contributed by atoms with van der Waals surface area (Å²) in [4.78, 5) is 24.5. The molecular formula is C15H16FN3O5S2. The largest absolute Gasteiger partial charge is 0.459 e. The maximum Gasteiger partial charge on any atom is 0.374 e. The van der Waals surface area contributed by atoms with Gasteiger partial charge in [0.2, 0.25) is 0 Å². The van der Waals surface area contributed by atoms with Crippen molar-refractivity contribution < 1.29 is 26.3 Å². The van der Waals surface area contributed by atoms with Crippen molar-refractivity contribution in [2.75, 3.05) is 18.4 Å². The van der Waals surface area contributed by atoms with Crippen LogP contribution in [0.4, 0.5) is 8.89 Å². The number of hydrogen-bond donors (Lipinski definition) is 2. The Bertz CT molecular complexity index is 886. The Morgan fingerprint density at radius 2 is 1.96 bits per heavy atom. The summed E-state index contributed by atoms with van der Waals surface area (Å²) in [6, 6.07) is 4.41. The summed E-state index contributed by atoms with van der Waals surface area (Å²) in [6.07, 6.45) is 2.00. The highest BCUT2D eigenvalue weighted by molar-refractivity contribution is 7.83. The molecule has 0 aliphatic carbocycles. The van der Waals surface area contributed by atoms with Crippen LogP contribution < -0.4 is 10.6 Å². The number of anilines is 1. The molecule has 11 heteroatoms. The molecule has 0 saturated carbocycles. The van der Waals surface area contributed by atoms with Crippen LogP contribution in [0.5, 0.6) is 0 Å². The summed E-state index contributed by atoms with van der Waals surface area (Å²) in [5, 5.41) is 7.47. The van der Waals surface area contributed by atoms with Gasteiger partial charge in [-0.25, -0.2) is 0 Å². The van der Waals surface area contributed by atoms with Gasteiger partial charge in [-0.3, -0.25) is 9.59 Å². The zero-order chi connectivity index (χ0) is 18.7. The van der Waals surface area contributed by atoms with E-state index >= 15 is 0 Å². The second-order valence-electron chi connectivity index (χ2n) is 5.68. The Kier molecular flexibility index (Phi) is 5.39. The zero-order valence-corrected chi connectivity index (χ0v) is 15.1. The molecular weight excluding hydrogens is 385 g/mol. The van der Waals surface area contributed by atoms with Gasteiger partial charge in [-0.2, -0.15) is 12.7 Å². The quantitative estimate of drug-likeness (QED) is 0.745. The van der Waals surface area contributed by atoms with E-state index in [0.29, 0.717) is 23.4 Å². The maximum absolute atomic E-state index is 12.9. The van der Waals surface area contributed by atoms with Gasteiger partial charge in [0.25, 0.3) is 11.8 Å². The van der Waals surface area contributed by atoms with Gasteiger partial charge in [-0.1, -0.05) is 3.89 Å². The number of nitrogens with zero attached hydrogens (tertiary/aromatic N) is 1. The number of carbonyl (C=O) groups is 2. The van der Waals surface area contributed by atoms with Crippen LogP contribution in [-0.4, -0.2) is 43.7 Å². The normalized spacial score (nSPS) is 16.3. The number of piperidine rings is 1. The monoisotopic (exact) mass is 401 g/mol. The minimum atomic E-state index is -4.70. The standard InChI is InChI=1S/C15H16FN3O5S2/c16-26(22,23)19-6-3-10(4-7-19)17-13(20)11-5-9-25-15(11)18-14(21)12-2-1-8-24-12/h1-2,5,8-10H,3-4,6-7H2,(H,17,20)(H,18,21). The van der Waals surface area contributed by atoms with Gasteiger partial charge in [0.05, 0.1) is 11.8 Å². The molecule has 0 spiro atoms. The van der Waals surface area contributed by atoms with Crippen molar-refractivity contribution in [3.63, 3.8) is 0 Å². The molecule has 8 nitrogen and oxygen atoms in total. The van der Waals surface area contributed by atoms with E-state index in [1.165, 1.54) is 23.7 Å². The number of rotatable bonds is 5. The summed E-state index contributed by atoms with van der Waals surface area (Å²) in [6.45, 7) is 0.0189. The van der Waals surface area contributed by atoms with Gasteiger partial charge in [0.15, 0.2) is 5.76 Å². The Morgan fingerprint density at radius 1 is 1.23 bits per heavy atom. The van der Waals surface area contributed by atoms with Gasteiger partial charge in [-0.05, 0) is 36.4 Å². The molecule has 2 aromatic heterocycles. The number of halogens is 1. The first-order valence-electron chi connectivity index (χ1n) is 7.77. The fraction of sp³-hybridized carbons (Fsp3) is 0.333. The predicted molar refractivity (Wildman–Crippen MR) is 93.1 cm³/mol. The molecule has 0 bridgehead atoms. The van der Waals surface area contributed by atoms with E-state index in [-0.39, 0.29) is 30.8 Å². The number of thiophene rings is 1. The van der Waals surface area contributed by atoms with Gasteiger partial charge in [0, 0.05) is 19.1 Å². The predicted octanol–water partition coefficient (Wildman–Crippen LogP) is 2.00. The van der Waals surface area contributed by atoms with Gasteiger partial charge in [0.1, 0.15) is 5.00 Å². The second kappa shape index (κ2) is 7.56. The van der Waals surface area contributed by atoms with Crippen molar-refractivity contribution in [1.82, 2.24) is 9.62 Å². The molecule has 3 heterocycles. The third kappa shape index (κ3) is 4.29. The van der Waals surface area contributed by atoms with Crippen molar-refractivity contribution in [2.24, 2.45) is 0 Å². The first-order chi connectivity index (χ1) is 12.3. The van der Waals surface area contributed by atoms with Gasteiger partial charge < -0.3 is 15.1 Å². The van der Waals surface area contributed by atoms with Gasteiger partial charge >= 0.3 is 10.4 Å². The lowest BCUT2D eigenvalue weighted by molar-refractivity contribution is 0.0925. The van der Waals surface area contributed by atoms with E-state index in [4.69, 9.17) is 4.42 Å². The number of hydrogen-bond acceptors (Lipinski definition) is 6. The lowest BCUT2D eigenvalue weighted by Crippen LogP contribution is -2.45. The summed E-state index contributed by atoms with van der Waals surface area (Å²) in [7, 11) is -4.70. The summed E-state index contributed by atoms with van der Waals surface area (Å²) in [5.41, 5.74) is 0.301. The van der Waals surface area contributed by atoms with Crippen LogP contribution in [0.1, 0.15) is 33.8 Å². The molecule has 26 heavy (non-hydrogen) atoms. The number of nitrogens with one attached hydrogen (secondary N) is 2. The first-order valence-corrected chi connectivity index (χ1v) is 9.99. The lowest BCUT2D eigenvalue weighted by atomic mass is 10.1. The average Bonchev–Trinajstić information content (AvgIpc) is 3.26. The fourth-order valence-corrected chi connectivity index (χ4v) is 4.07. The third-order valence-corrected chi connectivity index (χ3v) is 5.79. The molecule has 1 aliphatic heterocycles. The minimum Gasteiger partial charge on any atom is -0.459 e. The highest BCUT2D eigenvalue weighted by Crippen LogP contribution is 2.25. The summed E-state index contributed by atoms with van der Waals surface area (Å²) >= 11 is 1.20. The number of carbonyl (C=O) groups excluding carboxylic acids is 2. The van der Waals surface area contributed by atoms with Crippen molar-refractivity contribution in [2.45, 2.75) is 18.9 Å². The number of furan rings is 1. The Hall–Kier alpha value is -2.24. The molecule has 140 valence electrons. The van der Waals surface area contributed by atoms with Crippen molar-refractivity contribution in [3.8, 4) is 0 Å². The molecule has 1 fully saturated rings. The molecule has 2 N–H and O–H groups in total. The van der Waals surface area contributed by atoms with Crippen molar-refractivity contribution in [1.29, 1.82) is 0 Å². The first kappa shape index (κ1) is 18.5. The van der Waals surface area contributed by atoms with E-state index < -0.39 is 16.3 Å². The molecule has 0 unspecified atom stereocenters. The number of amides is 2. The van der Waals surface area contributed by atoms with Crippen molar-refractivity contribution in [3.05, 3.63) is 41.2 Å². The zero-order valence-electron chi connectivity index (χ0n) is 13.5. The average molecular weight is 401 g/mol. The molecule has 2 amide bonds. The molecule has 0 radical (unpaired) electrons. The fourth-order valence-electron chi connectivity index (χ4n) is 2.64. The third-order valence-electron chi connectivity index (χ3n) is 3.98. The molecule has 0 atom stereocenters. The summed E-state index contributed by atoms with van der Waals surface area (Å²) < 4.78 is 40.4. The summed E-state index contributed by atoms with van der Waals surface area (Å²) in [5.74, 6) is -0.722. The Labute approximate surface area is 153 Å². The maximum atomic E-state index is 12.9. The van der Waals surface area contributed by atoms with Crippen LogP contribution in [-0.2, 0) is 10.4 Å². The Morgan fingerprint density at radius 3 is 2.58 bits per heavy atom. The molecule has 1 aliphatic rings. The van der Waals surface area contributed by atoms with Crippen LogP contribution in [0.25, 0.3) is 0 Å². The van der Waals surface area contributed by atoms with Crippen LogP contribution in [0, 0.1) is 0 Å². The Balaban J connectivity index is 1.60. The van der Waals surface area contributed by atoms with E-state index in [9.17, 15) is 21.9 Å². The molecule has 0 aromatic carbocycles. The van der Waals surface area contributed by atoms with E-state index in [1.54, 1.807) is 17.5 Å². The van der Waals surface area contributed by atoms with Crippen LogP contribution in [0.2, 0.25) is 0 Å². The highest BCUT2D eigenvalue weighted by atomic mass is 32.3. The second-order valence-corrected chi connectivity index (χ2v) is 7.94. The van der Waals surface area contributed by atoms with E-state index in [0.717, 1.165) is 4.31 Å². The van der Waals surface area contributed by atoms with Crippen LogP contribution >= 0.6 is 11.3 Å². The van der Waals surface area contributed by atoms with Gasteiger partial charge in [-0.15, -0.1) is 11.3 Å². The van der Waals surface area contributed by atoms with Crippen molar-refractivity contribution >= 4 is 38.6 Å². The van der Waals surface area contributed by atoms with E-state index in [1.807, 2.05) is 0 Å².